The molecule has 2 atom stereocenters. The fraction of sp³-hybridized carbons (Fsp3) is 0.652. The second kappa shape index (κ2) is 10.1. The van der Waals surface area contributed by atoms with Crippen LogP contribution in [0.5, 0.6) is 0 Å². The van der Waals surface area contributed by atoms with Gasteiger partial charge in [0, 0.05) is 19.1 Å². The van der Waals surface area contributed by atoms with E-state index in [0.717, 1.165) is 30.4 Å². The number of hydrogen-bond donors (Lipinski definition) is 1. The van der Waals surface area contributed by atoms with Gasteiger partial charge in [-0.25, -0.2) is 8.42 Å². The molecule has 2 unspecified atom stereocenters. The number of nitrogens with zero attached hydrogens (tertiary/aromatic N) is 1. The Bertz CT molecular complexity index is 907. The van der Waals surface area contributed by atoms with E-state index in [9.17, 15) is 18.0 Å². The summed E-state index contributed by atoms with van der Waals surface area (Å²) in [7, 11) is -3.58. The molecule has 1 aliphatic carbocycles. The molecule has 3 rings (SSSR count). The minimum absolute atomic E-state index is 0.152. The van der Waals surface area contributed by atoms with Gasteiger partial charge in [-0.1, -0.05) is 25.8 Å². The lowest BCUT2D eigenvalue weighted by Crippen LogP contribution is -2.44. The van der Waals surface area contributed by atoms with Crippen LogP contribution in [0, 0.1) is 25.7 Å². The van der Waals surface area contributed by atoms with Crippen molar-refractivity contribution in [2.45, 2.75) is 70.2 Å². The second-order valence-electron chi connectivity index (χ2n) is 8.97. The lowest BCUT2D eigenvalue weighted by atomic mass is 9.86. The molecule has 1 N–H and O–H groups in total. The van der Waals surface area contributed by atoms with E-state index in [1.165, 1.54) is 10.7 Å². The van der Waals surface area contributed by atoms with Crippen LogP contribution in [0.1, 0.15) is 56.6 Å². The van der Waals surface area contributed by atoms with E-state index < -0.39 is 16.0 Å². The van der Waals surface area contributed by atoms with Crippen LogP contribution in [-0.2, 0) is 24.3 Å². The average molecular weight is 451 g/mol. The molecule has 1 amide bonds. The molecule has 7 nitrogen and oxygen atoms in total. The second-order valence-corrected chi connectivity index (χ2v) is 10.9. The van der Waals surface area contributed by atoms with Gasteiger partial charge in [0.15, 0.2) is 6.61 Å². The minimum atomic E-state index is -3.58. The van der Waals surface area contributed by atoms with Crippen molar-refractivity contribution in [2.24, 2.45) is 11.8 Å². The predicted octanol–water partition coefficient (Wildman–Crippen LogP) is 2.94. The highest BCUT2D eigenvalue weighted by atomic mass is 32.2. The highest BCUT2D eigenvalue weighted by Crippen LogP contribution is 2.26. The number of ether oxygens (including phenoxy) is 1. The topological polar surface area (TPSA) is 92.8 Å². The Morgan fingerprint density at radius 1 is 1.06 bits per heavy atom. The van der Waals surface area contributed by atoms with E-state index >= 15 is 0 Å². The van der Waals surface area contributed by atoms with E-state index in [4.69, 9.17) is 4.74 Å². The number of amides is 1. The molecular formula is C23H34N2O5S. The summed E-state index contributed by atoms with van der Waals surface area (Å²) >= 11 is 0. The van der Waals surface area contributed by atoms with Gasteiger partial charge in [-0.05, 0) is 68.7 Å². The molecule has 1 aliphatic heterocycles. The third-order valence-corrected chi connectivity index (χ3v) is 8.60. The molecule has 172 valence electrons. The zero-order valence-corrected chi connectivity index (χ0v) is 19.5. The molecule has 0 bridgehead atoms. The number of sulfonamides is 1. The Morgan fingerprint density at radius 2 is 1.74 bits per heavy atom. The van der Waals surface area contributed by atoms with Crippen molar-refractivity contribution in [3.63, 3.8) is 0 Å². The van der Waals surface area contributed by atoms with E-state index in [0.29, 0.717) is 18.8 Å². The third-order valence-electron chi connectivity index (χ3n) is 6.71. The highest BCUT2D eigenvalue weighted by Gasteiger charge is 2.33. The highest BCUT2D eigenvalue weighted by molar-refractivity contribution is 7.89. The number of carbonyl (C=O) groups is 2. The van der Waals surface area contributed by atoms with Crippen molar-refractivity contribution in [1.29, 1.82) is 0 Å². The number of benzene rings is 1. The monoisotopic (exact) mass is 450 g/mol. The average Bonchev–Trinajstić information content (AvgIpc) is 2.75. The van der Waals surface area contributed by atoms with E-state index in [2.05, 4.69) is 12.2 Å². The summed E-state index contributed by atoms with van der Waals surface area (Å²) in [6.07, 6.45) is 5.16. The van der Waals surface area contributed by atoms with Gasteiger partial charge in [-0.2, -0.15) is 4.31 Å². The predicted molar refractivity (Wildman–Crippen MR) is 118 cm³/mol. The van der Waals surface area contributed by atoms with Crippen molar-refractivity contribution in [1.82, 2.24) is 9.62 Å². The number of esters is 1. The van der Waals surface area contributed by atoms with Crippen molar-refractivity contribution >= 4 is 21.9 Å². The smallest absolute Gasteiger partial charge is 0.309 e. The van der Waals surface area contributed by atoms with Gasteiger partial charge < -0.3 is 10.1 Å². The first-order valence-corrected chi connectivity index (χ1v) is 12.7. The zero-order valence-electron chi connectivity index (χ0n) is 18.7. The van der Waals surface area contributed by atoms with Crippen LogP contribution in [-0.4, -0.2) is 50.3 Å². The first kappa shape index (κ1) is 23.7. The van der Waals surface area contributed by atoms with Gasteiger partial charge in [-0.15, -0.1) is 0 Å². The lowest BCUT2D eigenvalue weighted by Gasteiger charge is -2.31. The molecule has 0 radical (unpaired) electrons. The van der Waals surface area contributed by atoms with Gasteiger partial charge in [0.2, 0.25) is 10.0 Å². The summed E-state index contributed by atoms with van der Waals surface area (Å²) in [4.78, 5) is 24.8. The van der Waals surface area contributed by atoms with Gasteiger partial charge >= 0.3 is 5.97 Å². The van der Waals surface area contributed by atoms with Crippen LogP contribution in [0.2, 0.25) is 0 Å². The fourth-order valence-electron chi connectivity index (χ4n) is 4.39. The quantitative estimate of drug-likeness (QED) is 0.673. The number of nitrogens with one attached hydrogen (secondary N) is 1. The molecule has 1 saturated heterocycles. The maximum absolute atomic E-state index is 12.9. The van der Waals surface area contributed by atoms with Gasteiger partial charge in [0.05, 0.1) is 10.8 Å². The van der Waals surface area contributed by atoms with Crippen molar-refractivity contribution < 1.29 is 22.7 Å². The molecule has 1 saturated carbocycles. The number of piperidine rings is 1. The maximum atomic E-state index is 12.9. The third kappa shape index (κ3) is 5.86. The molecule has 8 heteroatoms. The normalized spacial score (nSPS) is 23.3. The van der Waals surface area contributed by atoms with Crippen LogP contribution in [0.15, 0.2) is 23.1 Å². The fourth-order valence-corrected chi connectivity index (χ4v) is 5.94. The Balaban J connectivity index is 1.47. The lowest BCUT2D eigenvalue weighted by molar-refractivity contribution is -0.154. The summed E-state index contributed by atoms with van der Waals surface area (Å²) in [6, 6.07) is 5.28. The summed E-state index contributed by atoms with van der Waals surface area (Å²) in [5.41, 5.74) is 1.97. The molecule has 1 aromatic carbocycles. The summed E-state index contributed by atoms with van der Waals surface area (Å²) in [5, 5.41) is 2.98. The molecule has 0 spiro atoms. The number of hydrogen-bond acceptors (Lipinski definition) is 5. The zero-order chi connectivity index (χ0) is 22.6. The summed E-state index contributed by atoms with van der Waals surface area (Å²) in [5.74, 6) is -0.624. The SMILES string of the molecule is Cc1ccc(S(=O)(=O)N2CCC(C(=O)OCC(=O)NC3CCCCC3C)CC2)cc1C. The van der Waals surface area contributed by atoms with Crippen molar-refractivity contribution in [3.8, 4) is 0 Å². The Hall–Kier alpha value is -1.93. The van der Waals surface area contributed by atoms with Crippen molar-refractivity contribution in [3.05, 3.63) is 29.3 Å². The molecule has 2 aliphatic rings. The van der Waals surface area contributed by atoms with Crippen LogP contribution >= 0.6 is 0 Å². The van der Waals surface area contributed by atoms with Crippen LogP contribution in [0.4, 0.5) is 0 Å². The summed E-state index contributed by atoms with van der Waals surface area (Å²) < 4.78 is 32.5. The maximum Gasteiger partial charge on any atom is 0.309 e. The first-order valence-electron chi connectivity index (χ1n) is 11.2. The number of aryl methyl sites for hydroxylation is 2. The van der Waals surface area contributed by atoms with E-state index in [1.54, 1.807) is 12.1 Å². The summed E-state index contributed by atoms with van der Waals surface area (Å²) in [6.45, 7) is 6.22. The molecule has 0 aromatic heterocycles. The van der Waals surface area contributed by atoms with Crippen molar-refractivity contribution in [2.75, 3.05) is 19.7 Å². The van der Waals surface area contributed by atoms with Gasteiger partial charge in [-0.3, -0.25) is 9.59 Å². The van der Waals surface area contributed by atoms with E-state index in [-0.39, 0.29) is 42.5 Å². The molecule has 1 aromatic rings. The molecular weight excluding hydrogens is 416 g/mol. The van der Waals surface area contributed by atoms with Crippen LogP contribution < -0.4 is 5.32 Å². The molecule has 1 heterocycles. The molecule has 31 heavy (non-hydrogen) atoms. The van der Waals surface area contributed by atoms with Crippen LogP contribution in [0.3, 0.4) is 0 Å². The minimum Gasteiger partial charge on any atom is -0.455 e. The van der Waals surface area contributed by atoms with Gasteiger partial charge in [0.25, 0.3) is 5.91 Å². The van der Waals surface area contributed by atoms with Gasteiger partial charge in [0.1, 0.15) is 0 Å². The first-order chi connectivity index (χ1) is 14.7. The Morgan fingerprint density at radius 3 is 2.39 bits per heavy atom. The Kier molecular flexibility index (Phi) is 7.75. The molecule has 2 fully saturated rings. The largest absolute Gasteiger partial charge is 0.455 e. The van der Waals surface area contributed by atoms with E-state index in [1.807, 2.05) is 19.9 Å². The number of rotatable bonds is 6. The standard InChI is InChI=1S/C23H34N2O5S/c1-16-8-9-20(14-18(16)3)31(28,29)25-12-10-19(11-13-25)23(27)30-15-22(26)24-21-7-5-4-6-17(21)2/h8-9,14,17,19,21H,4-7,10-13,15H2,1-3H3,(H,24,26). The number of carbonyl (C=O) groups excluding carboxylic acids is 2. The Labute approximate surface area is 185 Å². The van der Waals surface area contributed by atoms with Crippen LogP contribution in [0.25, 0.3) is 0 Å².